The number of likely N-dealkylation sites (tertiary alicyclic amines) is 1. The first-order valence-corrected chi connectivity index (χ1v) is 13.2. The number of carboxylic acids is 1. The van der Waals surface area contributed by atoms with E-state index in [1.54, 1.807) is 30.3 Å². The Bertz CT molecular complexity index is 1120. The van der Waals surface area contributed by atoms with Crippen LogP contribution in [0.4, 0.5) is 11.4 Å². The van der Waals surface area contributed by atoms with Gasteiger partial charge in [-0.2, -0.15) is 0 Å². The molecule has 0 saturated carbocycles. The van der Waals surface area contributed by atoms with Gasteiger partial charge in [0.1, 0.15) is 0 Å². The molecule has 0 unspecified atom stereocenters. The Balaban J connectivity index is 1.50. The Morgan fingerprint density at radius 2 is 1.64 bits per heavy atom. The highest BCUT2D eigenvalue weighted by molar-refractivity contribution is 7.92. The molecular weight excluding hydrogens is 438 g/mol. The monoisotopic (exact) mass is 471 g/mol. The topological polar surface area (TPSA) is 90.0 Å². The number of piperidine rings is 2. The predicted molar refractivity (Wildman–Crippen MR) is 131 cm³/mol. The number of rotatable bonds is 6. The van der Waals surface area contributed by atoms with E-state index >= 15 is 0 Å². The van der Waals surface area contributed by atoms with Gasteiger partial charge in [0.15, 0.2) is 0 Å². The summed E-state index contributed by atoms with van der Waals surface area (Å²) in [6.07, 6.45) is 5.88. The van der Waals surface area contributed by atoms with Gasteiger partial charge in [-0.3, -0.25) is 4.72 Å². The third-order valence-electron chi connectivity index (χ3n) is 6.98. The third kappa shape index (κ3) is 5.33. The molecule has 2 fully saturated rings. The van der Waals surface area contributed by atoms with Crippen molar-refractivity contribution in [2.75, 3.05) is 35.8 Å². The van der Waals surface area contributed by atoms with E-state index in [1.165, 1.54) is 38.4 Å². The second-order valence-corrected chi connectivity index (χ2v) is 10.9. The molecule has 0 amide bonds. The van der Waals surface area contributed by atoms with E-state index in [2.05, 4.69) is 14.5 Å². The maximum absolute atomic E-state index is 12.8. The van der Waals surface area contributed by atoms with E-state index in [-0.39, 0.29) is 16.1 Å². The second-order valence-electron chi connectivity index (χ2n) is 9.20. The summed E-state index contributed by atoms with van der Waals surface area (Å²) >= 11 is 0. The van der Waals surface area contributed by atoms with Crippen LogP contribution in [0.1, 0.15) is 53.6 Å². The SMILES string of the molecule is Cc1ccc(S(=O)(=O)Nc2ccc(N3CCC(N4CCCCC4)CC3)c(C(=O)O)c2)cc1C. The van der Waals surface area contributed by atoms with E-state index in [0.29, 0.717) is 11.7 Å². The summed E-state index contributed by atoms with van der Waals surface area (Å²) in [5, 5.41) is 9.85. The fraction of sp³-hybridized carbons (Fsp3) is 0.480. The molecule has 2 aliphatic rings. The molecule has 178 valence electrons. The lowest BCUT2D eigenvalue weighted by Crippen LogP contribution is -2.47. The minimum atomic E-state index is -3.81. The maximum atomic E-state index is 12.8. The van der Waals surface area contributed by atoms with E-state index in [9.17, 15) is 18.3 Å². The molecule has 33 heavy (non-hydrogen) atoms. The van der Waals surface area contributed by atoms with Crippen LogP contribution in [0.25, 0.3) is 0 Å². The Morgan fingerprint density at radius 3 is 2.27 bits per heavy atom. The van der Waals surface area contributed by atoms with Gasteiger partial charge in [-0.05, 0) is 94.1 Å². The van der Waals surface area contributed by atoms with Gasteiger partial charge >= 0.3 is 5.97 Å². The number of nitrogens with zero attached hydrogens (tertiary/aromatic N) is 2. The number of sulfonamides is 1. The van der Waals surface area contributed by atoms with Gasteiger partial charge in [0, 0.05) is 24.8 Å². The summed E-state index contributed by atoms with van der Waals surface area (Å²) in [6.45, 7) is 7.72. The number of nitrogens with one attached hydrogen (secondary N) is 1. The second kappa shape index (κ2) is 9.73. The summed E-state index contributed by atoms with van der Waals surface area (Å²) in [6, 6.07) is 10.3. The summed E-state index contributed by atoms with van der Waals surface area (Å²) < 4.78 is 28.2. The zero-order valence-electron chi connectivity index (χ0n) is 19.4. The fourth-order valence-electron chi connectivity index (χ4n) is 4.90. The smallest absolute Gasteiger partial charge is 0.337 e. The zero-order valence-corrected chi connectivity index (χ0v) is 20.2. The van der Waals surface area contributed by atoms with Crippen molar-refractivity contribution in [2.45, 2.75) is 56.9 Å². The van der Waals surface area contributed by atoms with Crippen molar-refractivity contribution in [1.29, 1.82) is 0 Å². The van der Waals surface area contributed by atoms with Crippen LogP contribution in [0.2, 0.25) is 0 Å². The summed E-state index contributed by atoms with van der Waals surface area (Å²) in [5.41, 5.74) is 2.90. The van der Waals surface area contributed by atoms with E-state index < -0.39 is 16.0 Å². The molecule has 2 saturated heterocycles. The molecule has 0 bridgehead atoms. The van der Waals surface area contributed by atoms with Crippen molar-refractivity contribution in [3.05, 3.63) is 53.1 Å². The number of aryl methyl sites for hydroxylation is 2. The van der Waals surface area contributed by atoms with Crippen LogP contribution in [0.3, 0.4) is 0 Å². The molecule has 2 aromatic carbocycles. The number of benzene rings is 2. The minimum absolute atomic E-state index is 0.117. The standard InChI is InChI=1S/C25H33N3O4S/c1-18-6-8-22(16-19(18)2)33(31,32)26-20-7-9-24(23(17-20)25(29)30)28-14-10-21(11-15-28)27-12-4-3-5-13-27/h6-9,16-17,21,26H,3-5,10-15H2,1-2H3,(H,29,30). The van der Waals surface area contributed by atoms with E-state index in [4.69, 9.17) is 0 Å². The van der Waals surface area contributed by atoms with Gasteiger partial charge in [0.25, 0.3) is 10.0 Å². The van der Waals surface area contributed by atoms with Crippen molar-refractivity contribution in [3.63, 3.8) is 0 Å². The molecule has 0 radical (unpaired) electrons. The van der Waals surface area contributed by atoms with Crippen molar-refractivity contribution in [3.8, 4) is 0 Å². The quantitative estimate of drug-likeness (QED) is 0.654. The number of hydrogen-bond acceptors (Lipinski definition) is 5. The van der Waals surface area contributed by atoms with Crippen LogP contribution in [0, 0.1) is 13.8 Å². The normalized spacial score (nSPS) is 18.3. The molecule has 0 atom stereocenters. The molecule has 0 aromatic heterocycles. The number of hydrogen-bond donors (Lipinski definition) is 2. The molecule has 7 nitrogen and oxygen atoms in total. The Morgan fingerprint density at radius 1 is 0.939 bits per heavy atom. The van der Waals surface area contributed by atoms with Crippen molar-refractivity contribution in [1.82, 2.24) is 4.90 Å². The molecule has 8 heteroatoms. The zero-order chi connectivity index (χ0) is 23.6. The van der Waals surface area contributed by atoms with Crippen molar-refractivity contribution >= 4 is 27.4 Å². The van der Waals surface area contributed by atoms with E-state index in [1.807, 2.05) is 13.8 Å². The Labute approximate surface area is 196 Å². The highest BCUT2D eigenvalue weighted by Gasteiger charge is 2.27. The largest absolute Gasteiger partial charge is 0.478 e. The third-order valence-corrected chi connectivity index (χ3v) is 8.36. The van der Waals surface area contributed by atoms with Crippen LogP contribution in [-0.2, 0) is 10.0 Å². The first kappa shape index (κ1) is 23.6. The van der Waals surface area contributed by atoms with Crippen LogP contribution < -0.4 is 9.62 Å². The number of carboxylic acid groups (broad SMARTS) is 1. The van der Waals surface area contributed by atoms with Gasteiger partial charge in [-0.15, -0.1) is 0 Å². The van der Waals surface area contributed by atoms with Gasteiger partial charge in [-0.1, -0.05) is 12.5 Å². The average molecular weight is 472 g/mol. The van der Waals surface area contributed by atoms with Crippen LogP contribution in [0.15, 0.2) is 41.3 Å². The van der Waals surface area contributed by atoms with E-state index in [0.717, 1.165) is 37.1 Å². The summed E-state index contributed by atoms with van der Waals surface area (Å²) in [4.78, 5) is 16.9. The Hall–Kier alpha value is -2.58. The van der Waals surface area contributed by atoms with Gasteiger partial charge in [-0.25, -0.2) is 13.2 Å². The molecule has 2 heterocycles. The Kier molecular flexibility index (Phi) is 6.95. The first-order chi connectivity index (χ1) is 15.7. The molecular formula is C25H33N3O4S. The van der Waals surface area contributed by atoms with Crippen LogP contribution >= 0.6 is 0 Å². The molecule has 2 N–H and O–H groups in total. The van der Waals surface area contributed by atoms with Crippen LogP contribution in [-0.4, -0.2) is 56.6 Å². The average Bonchev–Trinajstić information content (AvgIpc) is 2.81. The van der Waals surface area contributed by atoms with Crippen molar-refractivity contribution < 1.29 is 18.3 Å². The molecule has 2 aromatic rings. The number of aromatic carboxylic acids is 1. The molecule has 4 rings (SSSR count). The molecule has 0 spiro atoms. The summed E-state index contributed by atoms with van der Waals surface area (Å²) in [5.74, 6) is -1.06. The van der Waals surface area contributed by atoms with Gasteiger partial charge in [0.2, 0.25) is 0 Å². The lowest BCUT2D eigenvalue weighted by atomic mass is 9.98. The molecule has 0 aliphatic carbocycles. The van der Waals surface area contributed by atoms with Gasteiger partial charge < -0.3 is 14.9 Å². The fourth-order valence-corrected chi connectivity index (χ4v) is 6.03. The predicted octanol–water partition coefficient (Wildman–Crippen LogP) is 4.26. The number of anilines is 2. The number of carbonyl (C=O) groups is 1. The maximum Gasteiger partial charge on any atom is 0.337 e. The minimum Gasteiger partial charge on any atom is -0.478 e. The van der Waals surface area contributed by atoms with Crippen molar-refractivity contribution in [2.24, 2.45) is 0 Å². The highest BCUT2D eigenvalue weighted by Crippen LogP contribution is 2.30. The van der Waals surface area contributed by atoms with Crippen LogP contribution in [0.5, 0.6) is 0 Å². The van der Waals surface area contributed by atoms with Gasteiger partial charge in [0.05, 0.1) is 16.1 Å². The first-order valence-electron chi connectivity index (χ1n) is 11.7. The summed E-state index contributed by atoms with van der Waals surface area (Å²) in [7, 11) is -3.81. The molecule has 2 aliphatic heterocycles. The lowest BCUT2D eigenvalue weighted by Gasteiger charge is -2.41. The lowest BCUT2D eigenvalue weighted by molar-refractivity contribution is 0.0697. The highest BCUT2D eigenvalue weighted by atomic mass is 32.2.